The largest absolute Gasteiger partial charge is 0.370 e. The van der Waals surface area contributed by atoms with Crippen molar-refractivity contribution >= 4 is 5.69 Å². The van der Waals surface area contributed by atoms with E-state index in [0.717, 1.165) is 5.69 Å². The summed E-state index contributed by atoms with van der Waals surface area (Å²) in [5, 5.41) is 3.00. The zero-order valence-electron chi connectivity index (χ0n) is 5.54. The maximum absolute atomic E-state index is 5.04. The molecule has 0 aromatic carbocycles. The summed E-state index contributed by atoms with van der Waals surface area (Å²) >= 11 is 0. The predicted molar refractivity (Wildman–Crippen MR) is 40.0 cm³/mol. The molecule has 0 aliphatic rings. The van der Waals surface area contributed by atoms with Crippen LogP contribution in [0.25, 0.3) is 0 Å². The van der Waals surface area contributed by atoms with Crippen LogP contribution in [0.2, 0.25) is 0 Å². The van der Waals surface area contributed by atoms with E-state index in [4.69, 9.17) is 5.84 Å². The molecule has 1 heterocycles. The number of hydrogen-bond donors (Lipinski definition) is 3. The molecule has 54 valence electrons. The summed E-state index contributed by atoms with van der Waals surface area (Å²) in [5.41, 5.74) is 3.44. The van der Waals surface area contributed by atoms with Gasteiger partial charge in [-0.1, -0.05) is 0 Å². The Hall–Kier alpha value is -1.13. The molecule has 4 heteroatoms. The van der Waals surface area contributed by atoms with Gasteiger partial charge in [-0.2, -0.15) is 0 Å². The topological polar surface area (TPSA) is 63.0 Å². The van der Waals surface area contributed by atoms with E-state index >= 15 is 0 Å². The Morgan fingerprint density at radius 1 is 1.60 bits per heavy atom. The fourth-order valence-corrected chi connectivity index (χ4v) is 0.620. The molecule has 10 heavy (non-hydrogen) atoms. The van der Waals surface area contributed by atoms with Gasteiger partial charge in [0.2, 0.25) is 0 Å². The normalized spacial score (nSPS) is 9.30. The first kappa shape index (κ1) is 6.98. The van der Waals surface area contributed by atoms with E-state index in [1.165, 1.54) is 0 Å². The third kappa shape index (κ3) is 2.00. The van der Waals surface area contributed by atoms with Crippen LogP contribution < -0.4 is 16.6 Å². The Bertz CT molecular complexity index is 174. The summed E-state index contributed by atoms with van der Waals surface area (Å²) in [6.07, 6.45) is 3.46. The van der Waals surface area contributed by atoms with Crippen molar-refractivity contribution in [2.75, 3.05) is 12.0 Å². The first-order chi connectivity index (χ1) is 4.93. The van der Waals surface area contributed by atoms with Gasteiger partial charge in [-0.25, -0.2) is 5.43 Å². The van der Waals surface area contributed by atoms with E-state index in [-0.39, 0.29) is 0 Å². The standard InChI is InChI=1S/C6H10N4/c7-10-5-9-6-2-1-3-8-4-6/h1-4,9-10H,5,7H2. The summed E-state index contributed by atoms with van der Waals surface area (Å²) in [6, 6.07) is 3.78. The molecular weight excluding hydrogens is 128 g/mol. The summed E-state index contributed by atoms with van der Waals surface area (Å²) in [7, 11) is 0. The summed E-state index contributed by atoms with van der Waals surface area (Å²) in [4.78, 5) is 3.91. The lowest BCUT2D eigenvalue weighted by Gasteiger charge is -2.02. The number of nitrogens with one attached hydrogen (secondary N) is 2. The van der Waals surface area contributed by atoms with Gasteiger partial charge in [-0.3, -0.25) is 10.8 Å². The number of nitrogens with two attached hydrogens (primary N) is 1. The van der Waals surface area contributed by atoms with Crippen molar-refractivity contribution in [3.63, 3.8) is 0 Å². The summed E-state index contributed by atoms with van der Waals surface area (Å²) < 4.78 is 0. The van der Waals surface area contributed by atoms with Crippen LogP contribution in [0.15, 0.2) is 24.5 Å². The third-order valence-corrected chi connectivity index (χ3v) is 1.06. The highest BCUT2D eigenvalue weighted by Crippen LogP contribution is 1.99. The fourth-order valence-electron chi connectivity index (χ4n) is 0.620. The van der Waals surface area contributed by atoms with Gasteiger partial charge >= 0.3 is 0 Å². The second-order valence-corrected chi connectivity index (χ2v) is 1.80. The molecule has 0 amide bonds. The average molecular weight is 138 g/mol. The monoisotopic (exact) mass is 138 g/mol. The molecule has 4 N–H and O–H groups in total. The third-order valence-electron chi connectivity index (χ3n) is 1.06. The number of hydrazine groups is 1. The van der Waals surface area contributed by atoms with E-state index in [9.17, 15) is 0 Å². The van der Waals surface area contributed by atoms with Crippen molar-refractivity contribution < 1.29 is 0 Å². The van der Waals surface area contributed by atoms with Crippen LogP contribution in [0, 0.1) is 0 Å². The first-order valence-corrected chi connectivity index (χ1v) is 3.01. The Morgan fingerprint density at radius 3 is 3.10 bits per heavy atom. The van der Waals surface area contributed by atoms with Crippen LogP contribution in [-0.2, 0) is 0 Å². The SMILES string of the molecule is NNCNc1cccnc1. The van der Waals surface area contributed by atoms with Gasteiger partial charge in [0.1, 0.15) is 0 Å². The highest BCUT2D eigenvalue weighted by Gasteiger charge is 1.84. The van der Waals surface area contributed by atoms with E-state index in [0.29, 0.717) is 6.67 Å². The van der Waals surface area contributed by atoms with Crippen LogP contribution >= 0.6 is 0 Å². The molecule has 1 aromatic heterocycles. The van der Waals surface area contributed by atoms with Crippen LogP contribution in [0.1, 0.15) is 0 Å². The molecule has 0 bridgehead atoms. The van der Waals surface area contributed by atoms with Crippen molar-refractivity contribution in [1.82, 2.24) is 10.4 Å². The molecule has 0 radical (unpaired) electrons. The van der Waals surface area contributed by atoms with Crippen LogP contribution in [0.5, 0.6) is 0 Å². The molecule has 0 fully saturated rings. The fraction of sp³-hybridized carbons (Fsp3) is 0.167. The zero-order valence-corrected chi connectivity index (χ0v) is 5.54. The molecule has 0 unspecified atom stereocenters. The molecule has 4 nitrogen and oxygen atoms in total. The molecule has 1 aromatic rings. The van der Waals surface area contributed by atoms with Crippen molar-refractivity contribution in [2.24, 2.45) is 5.84 Å². The summed E-state index contributed by atoms with van der Waals surface area (Å²) in [5.74, 6) is 5.04. The Balaban J connectivity index is 2.43. The van der Waals surface area contributed by atoms with Gasteiger partial charge in [0.05, 0.1) is 12.4 Å². The van der Waals surface area contributed by atoms with Gasteiger partial charge in [-0.15, -0.1) is 0 Å². The number of nitrogens with zero attached hydrogens (tertiary/aromatic N) is 1. The van der Waals surface area contributed by atoms with Gasteiger partial charge in [0.25, 0.3) is 0 Å². The maximum Gasteiger partial charge on any atom is 0.0781 e. The molecule has 0 aliphatic heterocycles. The van der Waals surface area contributed by atoms with E-state index < -0.39 is 0 Å². The minimum Gasteiger partial charge on any atom is -0.370 e. The highest BCUT2D eigenvalue weighted by atomic mass is 15.3. The lowest BCUT2D eigenvalue weighted by atomic mass is 10.4. The molecule has 0 atom stereocenters. The number of hydrogen-bond acceptors (Lipinski definition) is 4. The second kappa shape index (κ2) is 3.81. The second-order valence-electron chi connectivity index (χ2n) is 1.80. The highest BCUT2D eigenvalue weighted by molar-refractivity contribution is 5.39. The first-order valence-electron chi connectivity index (χ1n) is 3.01. The smallest absolute Gasteiger partial charge is 0.0781 e. The lowest BCUT2D eigenvalue weighted by Crippen LogP contribution is -2.28. The molecule has 0 saturated carbocycles. The van der Waals surface area contributed by atoms with Gasteiger partial charge in [-0.05, 0) is 12.1 Å². The minimum absolute atomic E-state index is 0.547. The predicted octanol–water partition coefficient (Wildman–Crippen LogP) is -0.0857. The molecule has 0 spiro atoms. The van der Waals surface area contributed by atoms with Crippen molar-refractivity contribution in [2.45, 2.75) is 0 Å². The molecule has 0 aliphatic carbocycles. The zero-order chi connectivity index (χ0) is 7.23. The van der Waals surface area contributed by atoms with Crippen molar-refractivity contribution in [3.05, 3.63) is 24.5 Å². The van der Waals surface area contributed by atoms with Crippen molar-refractivity contribution in [1.29, 1.82) is 0 Å². The maximum atomic E-state index is 5.04. The molecule has 0 saturated heterocycles. The molecular formula is C6H10N4. The van der Waals surface area contributed by atoms with Crippen LogP contribution in [0.4, 0.5) is 5.69 Å². The van der Waals surface area contributed by atoms with Gasteiger partial charge in [0.15, 0.2) is 0 Å². The number of pyridine rings is 1. The van der Waals surface area contributed by atoms with Crippen LogP contribution in [-0.4, -0.2) is 11.7 Å². The lowest BCUT2D eigenvalue weighted by molar-refractivity contribution is 0.789. The van der Waals surface area contributed by atoms with E-state index in [1.807, 2.05) is 12.1 Å². The van der Waals surface area contributed by atoms with Crippen LogP contribution in [0.3, 0.4) is 0 Å². The Morgan fingerprint density at radius 2 is 2.50 bits per heavy atom. The van der Waals surface area contributed by atoms with Gasteiger partial charge in [0, 0.05) is 12.4 Å². The molecule has 1 rings (SSSR count). The summed E-state index contributed by atoms with van der Waals surface area (Å²) in [6.45, 7) is 0.547. The average Bonchev–Trinajstić information content (AvgIpc) is 2.03. The quantitative estimate of drug-likeness (QED) is 0.310. The number of aromatic nitrogens is 1. The number of anilines is 1. The Kier molecular flexibility index (Phi) is 2.66. The van der Waals surface area contributed by atoms with Gasteiger partial charge < -0.3 is 5.32 Å². The number of rotatable bonds is 3. The Labute approximate surface area is 59.4 Å². The van der Waals surface area contributed by atoms with E-state index in [1.54, 1.807) is 12.4 Å². The van der Waals surface area contributed by atoms with E-state index in [2.05, 4.69) is 15.7 Å². The van der Waals surface area contributed by atoms with Crippen molar-refractivity contribution in [3.8, 4) is 0 Å². The minimum atomic E-state index is 0.547.